The monoisotopic (exact) mass is 424 g/mol. The molecule has 0 saturated carbocycles. The van der Waals surface area contributed by atoms with E-state index < -0.39 is 16.0 Å². The molecule has 2 fully saturated rings. The summed E-state index contributed by atoms with van der Waals surface area (Å²) in [6.07, 6.45) is 5.56. The van der Waals surface area contributed by atoms with Crippen LogP contribution in [0.2, 0.25) is 0 Å². The maximum absolute atomic E-state index is 13.0. The Labute approximate surface area is 171 Å². The van der Waals surface area contributed by atoms with E-state index in [2.05, 4.69) is 0 Å². The van der Waals surface area contributed by atoms with E-state index in [4.69, 9.17) is 9.47 Å². The van der Waals surface area contributed by atoms with Gasteiger partial charge in [0.05, 0.1) is 12.0 Å². The molecule has 160 valence electrons. The van der Waals surface area contributed by atoms with Gasteiger partial charge < -0.3 is 14.4 Å². The number of sulfonamides is 1. The Hall–Kier alpha value is -2.13. The molecule has 0 spiro atoms. The van der Waals surface area contributed by atoms with Gasteiger partial charge in [-0.3, -0.25) is 4.79 Å². The topological polar surface area (TPSA) is 93.2 Å². The molecule has 2 heterocycles. The smallest absolute Gasteiger partial charge is 0.342 e. The summed E-state index contributed by atoms with van der Waals surface area (Å²) in [7, 11) is -2.32. The lowest BCUT2D eigenvalue weighted by molar-refractivity contribution is -0.133. The van der Waals surface area contributed by atoms with Crippen LogP contribution in [0.15, 0.2) is 23.1 Å². The van der Waals surface area contributed by atoms with E-state index in [0.29, 0.717) is 26.2 Å². The average molecular weight is 425 g/mol. The molecule has 2 aliphatic heterocycles. The van der Waals surface area contributed by atoms with Crippen LogP contribution in [0.25, 0.3) is 0 Å². The maximum atomic E-state index is 13.0. The Balaban J connectivity index is 1.77. The number of hydrogen-bond acceptors (Lipinski definition) is 6. The molecular weight excluding hydrogens is 396 g/mol. The molecule has 8 nitrogen and oxygen atoms in total. The molecule has 0 aromatic heterocycles. The van der Waals surface area contributed by atoms with Crippen molar-refractivity contribution in [2.24, 2.45) is 0 Å². The number of likely N-dealkylation sites (tertiary alicyclic amines) is 1. The summed E-state index contributed by atoms with van der Waals surface area (Å²) >= 11 is 0. The van der Waals surface area contributed by atoms with Gasteiger partial charge in [-0.25, -0.2) is 13.2 Å². The van der Waals surface area contributed by atoms with Gasteiger partial charge in [-0.1, -0.05) is 12.8 Å². The summed E-state index contributed by atoms with van der Waals surface area (Å²) in [4.78, 5) is 26.4. The third kappa shape index (κ3) is 5.08. The van der Waals surface area contributed by atoms with E-state index in [0.717, 1.165) is 38.5 Å². The molecule has 0 unspecified atom stereocenters. The van der Waals surface area contributed by atoms with Gasteiger partial charge >= 0.3 is 5.97 Å². The molecular formula is C20H28N2O6S. The van der Waals surface area contributed by atoms with Crippen LogP contribution in [-0.4, -0.2) is 69.4 Å². The Morgan fingerprint density at radius 3 is 2.21 bits per heavy atom. The van der Waals surface area contributed by atoms with E-state index in [-0.39, 0.29) is 28.7 Å². The number of carbonyl (C=O) groups is 2. The van der Waals surface area contributed by atoms with Gasteiger partial charge in [0.25, 0.3) is 5.91 Å². The number of rotatable bonds is 6. The highest BCUT2D eigenvalue weighted by Gasteiger charge is 2.28. The van der Waals surface area contributed by atoms with Crippen molar-refractivity contribution in [3.63, 3.8) is 0 Å². The number of methoxy groups -OCH3 is 1. The minimum atomic E-state index is -3.72. The largest absolute Gasteiger partial charge is 0.496 e. The zero-order valence-corrected chi connectivity index (χ0v) is 17.6. The molecule has 0 N–H and O–H groups in total. The van der Waals surface area contributed by atoms with Crippen LogP contribution in [-0.2, 0) is 19.6 Å². The fourth-order valence-corrected chi connectivity index (χ4v) is 5.24. The SMILES string of the molecule is COc1ccc(S(=O)(=O)N2CCCCCC2)cc1C(=O)OCC(=O)N1CCCC1. The predicted molar refractivity (Wildman–Crippen MR) is 106 cm³/mol. The van der Waals surface area contributed by atoms with Gasteiger partial charge in [0, 0.05) is 26.2 Å². The molecule has 2 aliphatic rings. The van der Waals surface area contributed by atoms with E-state index in [9.17, 15) is 18.0 Å². The van der Waals surface area contributed by atoms with Crippen molar-refractivity contribution >= 4 is 21.9 Å². The van der Waals surface area contributed by atoms with Crippen molar-refractivity contribution < 1.29 is 27.5 Å². The van der Waals surface area contributed by atoms with Crippen LogP contribution in [0.3, 0.4) is 0 Å². The van der Waals surface area contributed by atoms with Crippen LogP contribution in [0.5, 0.6) is 5.75 Å². The second-order valence-electron chi connectivity index (χ2n) is 7.34. The lowest BCUT2D eigenvalue weighted by Gasteiger charge is -2.20. The number of hydrogen-bond donors (Lipinski definition) is 0. The summed E-state index contributed by atoms with van der Waals surface area (Å²) in [5, 5.41) is 0. The van der Waals surface area contributed by atoms with Crippen molar-refractivity contribution in [3.05, 3.63) is 23.8 Å². The van der Waals surface area contributed by atoms with E-state index in [1.807, 2.05) is 0 Å². The maximum Gasteiger partial charge on any atom is 0.342 e. The second-order valence-corrected chi connectivity index (χ2v) is 9.28. The zero-order valence-electron chi connectivity index (χ0n) is 16.8. The highest BCUT2D eigenvalue weighted by atomic mass is 32.2. The highest BCUT2D eigenvalue weighted by Crippen LogP contribution is 2.26. The van der Waals surface area contributed by atoms with Crippen molar-refractivity contribution in [2.75, 3.05) is 39.9 Å². The van der Waals surface area contributed by atoms with Crippen molar-refractivity contribution in [3.8, 4) is 5.75 Å². The average Bonchev–Trinajstić information content (AvgIpc) is 3.13. The minimum Gasteiger partial charge on any atom is -0.496 e. The summed E-state index contributed by atoms with van der Waals surface area (Å²) in [5.74, 6) is -0.816. The molecule has 1 amide bonds. The number of carbonyl (C=O) groups excluding carboxylic acids is 2. The number of ether oxygens (including phenoxy) is 2. The standard InChI is InChI=1S/C20H28N2O6S/c1-27-18-9-8-16(29(25,26)22-12-4-2-3-5-13-22)14-17(18)20(24)28-15-19(23)21-10-6-7-11-21/h8-9,14H,2-7,10-13,15H2,1H3. The van der Waals surface area contributed by atoms with E-state index >= 15 is 0 Å². The predicted octanol–water partition coefficient (Wildman–Crippen LogP) is 2.04. The first-order valence-corrected chi connectivity index (χ1v) is 11.5. The third-order valence-corrected chi connectivity index (χ3v) is 7.27. The Kier molecular flexibility index (Phi) is 7.13. The van der Waals surface area contributed by atoms with E-state index in [1.165, 1.54) is 29.6 Å². The molecule has 0 radical (unpaired) electrons. The molecule has 1 aromatic carbocycles. The van der Waals surface area contributed by atoms with Gasteiger partial charge in [-0.2, -0.15) is 4.31 Å². The normalized spacial score (nSPS) is 18.3. The quantitative estimate of drug-likeness (QED) is 0.649. The van der Waals surface area contributed by atoms with Crippen LogP contribution < -0.4 is 4.74 Å². The summed E-state index contributed by atoms with van der Waals surface area (Å²) in [5.41, 5.74) is -0.00220. The molecule has 3 rings (SSSR count). The summed E-state index contributed by atoms with van der Waals surface area (Å²) in [6, 6.07) is 4.16. The Morgan fingerprint density at radius 1 is 0.966 bits per heavy atom. The first kappa shape index (κ1) is 21.6. The molecule has 1 aromatic rings. The fourth-order valence-electron chi connectivity index (χ4n) is 3.70. The lowest BCUT2D eigenvalue weighted by atomic mass is 10.2. The molecule has 9 heteroatoms. The first-order chi connectivity index (χ1) is 13.9. The zero-order chi connectivity index (χ0) is 20.9. The summed E-state index contributed by atoms with van der Waals surface area (Å²) in [6.45, 7) is 1.91. The molecule has 29 heavy (non-hydrogen) atoms. The Morgan fingerprint density at radius 2 is 1.59 bits per heavy atom. The third-order valence-electron chi connectivity index (χ3n) is 5.38. The summed E-state index contributed by atoms with van der Waals surface area (Å²) < 4.78 is 37.9. The fraction of sp³-hybridized carbons (Fsp3) is 0.600. The van der Waals surface area contributed by atoms with Gasteiger partial charge in [-0.05, 0) is 43.9 Å². The lowest BCUT2D eigenvalue weighted by Crippen LogP contribution is -2.32. The van der Waals surface area contributed by atoms with Crippen molar-refractivity contribution in [1.82, 2.24) is 9.21 Å². The molecule has 0 bridgehead atoms. The molecule has 0 aliphatic carbocycles. The number of esters is 1. The number of amides is 1. The van der Waals surface area contributed by atoms with Crippen molar-refractivity contribution in [2.45, 2.75) is 43.4 Å². The van der Waals surface area contributed by atoms with Crippen LogP contribution >= 0.6 is 0 Å². The van der Waals surface area contributed by atoms with Gasteiger partial charge in [0.2, 0.25) is 10.0 Å². The molecule has 0 atom stereocenters. The van der Waals surface area contributed by atoms with Crippen LogP contribution in [0, 0.1) is 0 Å². The number of nitrogens with zero attached hydrogens (tertiary/aromatic N) is 2. The molecule has 2 saturated heterocycles. The van der Waals surface area contributed by atoms with Crippen molar-refractivity contribution in [1.29, 1.82) is 0 Å². The minimum absolute atomic E-state index is 0.00220. The second kappa shape index (κ2) is 9.58. The van der Waals surface area contributed by atoms with E-state index in [1.54, 1.807) is 4.90 Å². The first-order valence-electron chi connectivity index (χ1n) is 10.1. The van der Waals surface area contributed by atoms with Gasteiger partial charge in [0.1, 0.15) is 11.3 Å². The van der Waals surface area contributed by atoms with Crippen LogP contribution in [0.4, 0.5) is 0 Å². The van der Waals surface area contributed by atoms with Gasteiger partial charge in [-0.15, -0.1) is 0 Å². The Bertz CT molecular complexity index is 841. The highest BCUT2D eigenvalue weighted by molar-refractivity contribution is 7.89. The van der Waals surface area contributed by atoms with Crippen LogP contribution in [0.1, 0.15) is 48.9 Å². The number of benzene rings is 1. The van der Waals surface area contributed by atoms with Gasteiger partial charge in [0.15, 0.2) is 6.61 Å².